The first-order valence-electron chi connectivity index (χ1n) is 13.8. The summed E-state index contributed by atoms with van der Waals surface area (Å²) in [5.74, 6) is 0.700. The van der Waals surface area contributed by atoms with Crippen LogP contribution in [0, 0.1) is 40.4 Å². The molecule has 4 rings (SSSR count). The molecule has 2 N–H and O–H groups in total. The fourth-order valence-electron chi connectivity index (χ4n) is 8.52. The number of esters is 1. The lowest BCUT2D eigenvalue weighted by Gasteiger charge is -2.60. The van der Waals surface area contributed by atoms with E-state index in [1.165, 1.54) is 71.3 Å². The van der Waals surface area contributed by atoms with Gasteiger partial charge in [0, 0.05) is 6.42 Å². The van der Waals surface area contributed by atoms with E-state index in [9.17, 15) is 15.0 Å². The smallest absolute Gasteiger partial charge is 0.366 e. The highest BCUT2D eigenvalue weighted by Gasteiger charge is 2.59. The van der Waals surface area contributed by atoms with E-state index in [0.29, 0.717) is 23.2 Å². The third-order valence-corrected chi connectivity index (χ3v) is 10.1. The Morgan fingerprint density at radius 3 is 2.19 bits per heavy atom. The Morgan fingerprint density at radius 1 is 0.875 bits per heavy atom. The van der Waals surface area contributed by atoms with Crippen LogP contribution in [0.25, 0.3) is 0 Å². The van der Waals surface area contributed by atoms with Crippen LogP contribution < -0.4 is 0 Å². The zero-order valence-electron chi connectivity index (χ0n) is 22.1. The van der Waals surface area contributed by atoms with Crippen molar-refractivity contribution in [3.8, 4) is 0 Å². The molecule has 188 valence electrons. The summed E-state index contributed by atoms with van der Waals surface area (Å²) in [6.07, 6.45) is 14.4. The van der Waals surface area contributed by atoms with Gasteiger partial charge in [-0.2, -0.15) is 0 Å². The molecule has 4 saturated carbocycles. The van der Waals surface area contributed by atoms with E-state index in [4.69, 9.17) is 0 Å². The molecule has 0 aromatic heterocycles. The lowest BCUT2D eigenvalue weighted by molar-refractivity contribution is -0.210. The van der Waals surface area contributed by atoms with Gasteiger partial charge >= 0.3 is 5.97 Å². The molecule has 0 aromatic rings. The van der Waals surface area contributed by atoms with Gasteiger partial charge in [-0.15, -0.1) is 0 Å². The SMILES string of the molecule is CC.CC.COC(=O)C(O)(O)CCC1CCC2C3CCC4CCCCC4(C)C3CCC12C. The van der Waals surface area contributed by atoms with Crippen molar-refractivity contribution in [1.82, 2.24) is 0 Å². The summed E-state index contributed by atoms with van der Waals surface area (Å²) in [5, 5.41) is 20.1. The molecule has 4 aliphatic carbocycles. The average Bonchev–Trinajstić information content (AvgIpc) is 3.15. The number of rotatable bonds is 4. The van der Waals surface area contributed by atoms with Crippen LogP contribution in [0.15, 0.2) is 0 Å². The molecule has 0 amide bonds. The topological polar surface area (TPSA) is 66.8 Å². The van der Waals surface area contributed by atoms with Crippen molar-refractivity contribution >= 4 is 5.97 Å². The summed E-state index contributed by atoms with van der Waals surface area (Å²) in [5.41, 5.74) is 0.863. The van der Waals surface area contributed by atoms with Gasteiger partial charge in [0.05, 0.1) is 7.11 Å². The highest BCUT2D eigenvalue weighted by molar-refractivity contribution is 5.76. The molecule has 4 nitrogen and oxygen atoms in total. The predicted octanol–water partition coefficient (Wildman–Crippen LogP) is 6.72. The van der Waals surface area contributed by atoms with Gasteiger partial charge in [-0.25, -0.2) is 4.79 Å². The number of carbonyl (C=O) groups is 1. The first-order chi connectivity index (χ1) is 15.2. The van der Waals surface area contributed by atoms with Crippen molar-refractivity contribution in [2.24, 2.45) is 40.4 Å². The van der Waals surface area contributed by atoms with Crippen molar-refractivity contribution in [3.05, 3.63) is 0 Å². The Bertz CT molecular complexity index is 602. The second-order valence-electron chi connectivity index (χ2n) is 11.1. The van der Waals surface area contributed by atoms with Crippen LogP contribution in [0.4, 0.5) is 0 Å². The number of hydrogen-bond acceptors (Lipinski definition) is 4. The van der Waals surface area contributed by atoms with Crippen LogP contribution in [0.3, 0.4) is 0 Å². The van der Waals surface area contributed by atoms with Crippen LogP contribution in [0.5, 0.6) is 0 Å². The summed E-state index contributed by atoms with van der Waals surface area (Å²) >= 11 is 0. The molecule has 0 radical (unpaired) electrons. The number of methoxy groups -OCH3 is 1. The summed E-state index contributed by atoms with van der Waals surface area (Å²) in [6, 6.07) is 0. The molecule has 4 aliphatic rings. The largest absolute Gasteiger partial charge is 0.465 e. The van der Waals surface area contributed by atoms with Gasteiger partial charge in [0.2, 0.25) is 0 Å². The van der Waals surface area contributed by atoms with Crippen LogP contribution in [-0.4, -0.2) is 29.1 Å². The zero-order valence-corrected chi connectivity index (χ0v) is 22.1. The Morgan fingerprint density at radius 2 is 1.53 bits per heavy atom. The molecular formula is C28H52O4. The van der Waals surface area contributed by atoms with Gasteiger partial charge in [-0.3, -0.25) is 0 Å². The first-order valence-corrected chi connectivity index (χ1v) is 13.8. The molecule has 7 unspecified atom stereocenters. The van der Waals surface area contributed by atoms with Crippen LogP contribution in [0.2, 0.25) is 0 Å². The maximum atomic E-state index is 11.6. The van der Waals surface area contributed by atoms with Crippen molar-refractivity contribution in [2.75, 3.05) is 7.11 Å². The van der Waals surface area contributed by atoms with Crippen LogP contribution in [-0.2, 0) is 9.53 Å². The van der Waals surface area contributed by atoms with E-state index in [0.717, 1.165) is 23.7 Å². The van der Waals surface area contributed by atoms with E-state index < -0.39 is 11.8 Å². The van der Waals surface area contributed by atoms with E-state index in [-0.39, 0.29) is 6.42 Å². The van der Waals surface area contributed by atoms with Crippen molar-refractivity contribution < 1.29 is 19.7 Å². The Kier molecular flexibility index (Phi) is 9.68. The van der Waals surface area contributed by atoms with Crippen molar-refractivity contribution in [3.63, 3.8) is 0 Å². The molecule has 0 saturated heterocycles. The van der Waals surface area contributed by atoms with Crippen molar-refractivity contribution in [1.29, 1.82) is 0 Å². The molecule has 0 spiro atoms. The molecule has 0 bridgehead atoms. The maximum absolute atomic E-state index is 11.6. The zero-order chi connectivity index (χ0) is 24.2. The molecular weight excluding hydrogens is 400 g/mol. The van der Waals surface area contributed by atoms with Gasteiger partial charge in [0.1, 0.15) is 0 Å². The number of aliphatic hydroxyl groups is 2. The normalized spacial score (nSPS) is 40.3. The molecule has 0 heterocycles. The molecule has 7 atom stereocenters. The molecule has 32 heavy (non-hydrogen) atoms. The number of fused-ring (bicyclic) bond motifs is 5. The second kappa shape index (κ2) is 11.2. The minimum atomic E-state index is -2.34. The Balaban J connectivity index is 0.000000860. The van der Waals surface area contributed by atoms with E-state index in [2.05, 4.69) is 18.6 Å². The van der Waals surface area contributed by atoms with E-state index in [1.54, 1.807) is 0 Å². The highest BCUT2D eigenvalue weighted by atomic mass is 16.6. The number of hydrogen-bond donors (Lipinski definition) is 2. The van der Waals surface area contributed by atoms with Gasteiger partial charge in [-0.05, 0) is 98.2 Å². The summed E-state index contributed by atoms with van der Waals surface area (Å²) in [7, 11) is 1.21. The first kappa shape index (κ1) is 27.6. The predicted molar refractivity (Wildman–Crippen MR) is 131 cm³/mol. The third-order valence-electron chi connectivity index (χ3n) is 10.1. The molecule has 4 heteroatoms. The summed E-state index contributed by atoms with van der Waals surface area (Å²) < 4.78 is 4.56. The van der Waals surface area contributed by atoms with Gasteiger partial charge < -0.3 is 14.9 Å². The number of carbonyl (C=O) groups excluding carboxylic acids is 1. The lowest BCUT2D eigenvalue weighted by atomic mass is 9.45. The molecule has 4 fully saturated rings. The highest BCUT2D eigenvalue weighted by Crippen LogP contribution is 2.67. The minimum Gasteiger partial charge on any atom is -0.465 e. The Labute approximate surface area is 197 Å². The van der Waals surface area contributed by atoms with Gasteiger partial charge in [0.15, 0.2) is 0 Å². The molecule has 0 aromatic carbocycles. The Hall–Kier alpha value is -0.610. The van der Waals surface area contributed by atoms with Gasteiger partial charge in [-0.1, -0.05) is 54.4 Å². The third kappa shape index (κ3) is 4.92. The summed E-state index contributed by atoms with van der Waals surface area (Å²) in [4.78, 5) is 11.6. The van der Waals surface area contributed by atoms with Gasteiger partial charge in [0.25, 0.3) is 5.79 Å². The minimum absolute atomic E-state index is 0.0839. The fraction of sp³-hybridized carbons (Fsp3) is 0.964. The monoisotopic (exact) mass is 452 g/mol. The quantitative estimate of drug-likeness (QED) is 0.367. The van der Waals surface area contributed by atoms with E-state index in [1.807, 2.05) is 27.7 Å². The average molecular weight is 453 g/mol. The van der Waals surface area contributed by atoms with Crippen molar-refractivity contribution in [2.45, 2.75) is 124 Å². The van der Waals surface area contributed by atoms with Crippen LogP contribution >= 0.6 is 0 Å². The van der Waals surface area contributed by atoms with E-state index >= 15 is 0 Å². The molecule has 0 aliphatic heterocycles. The maximum Gasteiger partial charge on any atom is 0.366 e. The summed E-state index contributed by atoms with van der Waals surface area (Å²) in [6.45, 7) is 13.1. The lowest BCUT2D eigenvalue weighted by Crippen LogP contribution is -2.52. The van der Waals surface area contributed by atoms with Crippen LogP contribution in [0.1, 0.15) is 119 Å². The fourth-order valence-corrected chi connectivity index (χ4v) is 8.52. The standard InChI is InChI=1S/C24H40O4.2C2H6/c1-22-13-5-4-6-16(22)7-9-18-19-10-8-17(23(19,2)14-12-20(18)22)11-15-24(26,27)21(25)28-3;2*1-2/h16-20,26-27H,4-15H2,1-3H3;2*1-2H3. The number of ether oxygens (including phenoxy) is 1. The second-order valence-corrected chi connectivity index (χ2v) is 11.1.